The fourth-order valence-corrected chi connectivity index (χ4v) is 7.02. The number of amides is 2. The molecular formula is C28H33F2N9O5. The summed E-state index contributed by atoms with van der Waals surface area (Å²) in [5.74, 6) is -0.887. The number of halogens is 2. The number of piperidine rings is 1. The molecule has 1 spiro atoms. The smallest absolute Gasteiger partial charge is 0.416 e. The first-order valence-electron chi connectivity index (χ1n) is 14.8. The lowest BCUT2D eigenvalue weighted by Gasteiger charge is -2.38. The number of nitrogens with zero attached hydrogens (tertiary/aromatic N) is 6. The number of aromatic nitrogens is 4. The van der Waals surface area contributed by atoms with Crippen LogP contribution in [0.2, 0.25) is 0 Å². The summed E-state index contributed by atoms with van der Waals surface area (Å²) in [7, 11) is 0. The number of nitrogens with one attached hydrogen (secondary N) is 1. The van der Waals surface area contributed by atoms with E-state index in [1.807, 2.05) is 0 Å². The minimum atomic E-state index is -0.700. The van der Waals surface area contributed by atoms with Gasteiger partial charge in [-0.2, -0.15) is 0 Å². The molecule has 0 bridgehead atoms. The number of nitrogens with two attached hydrogens (primary N) is 2. The van der Waals surface area contributed by atoms with Gasteiger partial charge in [0.05, 0.1) is 12.7 Å². The number of hydrogen-bond acceptors (Lipinski definition) is 10. The van der Waals surface area contributed by atoms with Crippen molar-refractivity contribution in [3.8, 4) is 5.88 Å². The van der Waals surface area contributed by atoms with Crippen LogP contribution in [0.1, 0.15) is 24.0 Å². The van der Waals surface area contributed by atoms with E-state index < -0.39 is 29.0 Å². The van der Waals surface area contributed by atoms with Crippen LogP contribution in [0.15, 0.2) is 11.0 Å². The van der Waals surface area contributed by atoms with E-state index in [2.05, 4.69) is 20.2 Å². The van der Waals surface area contributed by atoms with Crippen molar-refractivity contribution in [1.82, 2.24) is 24.0 Å². The van der Waals surface area contributed by atoms with Gasteiger partial charge in [-0.1, -0.05) is 0 Å². The molecule has 2 fully saturated rings. The Kier molecular flexibility index (Phi) is 7.01. The van der Waals surface area contributed by atoms with Crippen LogP contribution >= 0.6 is 0 Å². The lowest BCUT2D eigenvalue weighted by molar-refractivity contribution is -0.118. The highest BCUT2D eigenvalue weighted by Gasteiger charge is 2.48. The summed E-state index contributed by atoms with van der Waals surface area (Å²) in [5, 5.41) is 2.59. The first kappa shape index (κ1) is 28.6. The fraction of sp³-hybridized carbons (Fsp3) is 0.536. The van der Waals surface area contributed by atoms with E-state index in [-0.39, 0.29) is 79.7 Å². The summed E-state index contributed by atoms with van der Waals surface area (Å²) in [6.45, 7) is 2.42. The van der Waals surface area contributed by atoms with Gasteiger partial charge in [0.25, 0.3) is 11.8 Å². The van der Waals surface area contributed by atoms with Crippen molar-refractivity contribution < 1.29 is 27.8 Å². The Bertz CT molecular complexity index is 1670. The van der Waals surface area contributed by atoms with Crippen LogP contribution in [0.3, 0.4) is 0 Å². The van der Waals surface area contributed by atoms with Crippen molar-refractivity contribution in [3.05, 3.63) is 39.4 Å². The summed E-state index contributed by atoms with van der Waals surface area (Å²) >= 11 is 0. The molecule has 5 heterocycles. The van der Waals surface area contributed by atoms with E-state index in [1.165, 1.54) is 20.2 Å². The van der Waals surface area contributed by atoms with Gasteiger partial charge in [0.2, 0.25) is 0 Å². The quantitative estimate of drug-likeness (QED) is 0.337. The Labute approximate surface area is 249 Å². The number of ether oxygens (including phenoxy) is 2. The van der Waals surface area contributed by atoms with Crippen molar-refractivity contribution in [3.63, 3.8) is 0 Å². The molecule has 3 aromatic rings. The first-order chi connectivity index (χ1) is 21.2. The molecule has 234 valence electrons. The number of fused-ring (bicyclic) bond motifs is 3. The van der Waals surface area contributed by atoms with Gasteiger partial charge in [-0.25, -0.2) is 28.3 Å². The van der Waals surface area contributed by atoms with E-state index >= 15 is 8.78 Å². The molecule has 0 unspecified atom stereocenters. The molecule has 0 radical (unpaired) electrons. The third-order valence-electron chi connectivity index (χ3n) is 9.08. The zero-order valence-corrected chi connectivity index (χ0v) is 24.0. The Morgan fingerprint density at radius 3 is 2.25 bits per heavy atom. The molecule has 3 aliphatic heterocycles. The number of carbonyl (C=O) groups is 2. The summed E-state index contributed by atoms with van der Waals surface area (Å²) in [5.41, 5.74) is 10.7. The first-order valence-corrected chi connectivity index (χ1v) is 14.8. The molecule has 0 atom stereocenters. The molecule has 1 aliphatic carbocycles. The van der Waals surface area contributed by atoms with Crippen LogP contribution in [0.25, 0.3) is 11.0 Å². The van der Waals surface area contributed by atoms with Crippen molar-refractivity contribution in [1.29, 1.82) is 0 Å². The molecule has 4 aliphatic rings. The van der Waals surface area contributed by atoms with Gasteiger partial charge >= 0.3 is 11.8 Å². The topological polar surface area (TPSA) is 176 Å². The van der Waals surface area contributed by atoms with Gasteiger partial charge in [0, 0.05) is 58.7 Å². The fourth-order valence-electron chi connectivity index (χ4n) is 7.02. The second kappa shape index (κ2) is 10.8. The van der Waals surface area contributed by atoms with E-state index in [4.69, 9.17) is 20.9 Å². The van der Waals surface area contributed by atoms with Crippen LogP contribution < -0.4 is 32.1 Å². The molecule has 7 rings (SSSR count). The van der Waals surface area contributed by atoms with Gasteiger partial charge < -0.3 is 31.2 Å². The van der Waals surface area contributed by atoms with E-state index in [1.54, 1.807) is 0 Å². The number of anilines is 2. The van der Waals surface area contributed by atoms with E-state index in [0.29, 0.717) is 56.4 Å². The second-order valence-electron chi connectivity index (χ2n) is 11.9. The van der Waals surface area contributed by atoms with Crippen LogP contribution in [0.5, 0.6) is 5.88 Å². The number of hydrogen-bond donors (Lipinski definition) is 3. The summed E-state index contributed by atoms with van der Waals surface area (Å²) in [6, 6.07) is 0. The molecule has 2 saturated heterocycles. The van der Waals surface area contributed by atoms with Gasteiger partial charge in [0.15, 0.2) is 29.9 Å². The number of benzene rings is 1. The molecule has 2 aromatic heterocycles. The predicted octanol–water partition coefficient (Wildman–Crippen LogP) is 0.326. The standard InChI is InChI=1S/C28H33F2N9O5/c29-20-16-9-15(10-17(16)21(30)23-22(20)37(7-3-31)26(41)38(23)8-4-32)12-36-5-1-28(2-6-36)14-39(27(42)44-28)18-11-33-25-24(34-18)35-19(40)13-43-25/h11,15H,1-10,12-14,31-32H2,(H,34,35,40). The molecule has 2 amide bonds. The molecule has 1 aromatic carbocycles. The van der Waals surface area contributed by atoms with Crippen LogP contribution in [0, 0.1) is 17.6 Å². The summed E-state index contributed by atoms with van der Waals surface area (Å²) < 4.78 is 45.4. The number of likely N-dealkylation sites (tertiary alicyclic amines) is 1. The highest BCUT2D eigenvalue weighted by atomic mass is 19.1. The average molecular weight is 614 g/mol. The van der Waals surface area contributed by atoms with Crippen LogP contribution in [-0.2, 0) is 35.5 Å². The summed E-state index contributed by atoms with van der Waals surface area (Å²) in [4.78, 5) is 49.6. The zero-order valence-electron chi connectivity index (χ0n) is 24.0. The minimum Gasteiger partial charge on any atom is -0.465 e. The SMILES string of the molecule is NCCn1c(=O)n(CCN)c2c(F)c3c(c(F)c21)CC(CN1CCC2(CC1)CN(c1cnc4c(n1)NC(=O)CO4)C(=O)O2)C3. The van der Waals surface area contributed by atoms with Crippen molar-refractivity contribution in [2.45, 2.75) is 44.4 Å². The highest BCUT2D eigenvalue weighted by Crippen LogP contribution is 2.39. The zero-order chi connectivity index (χ0) is 30.7. The Hall–Kier alpha value is -4.15. The monoisotopic (exact) mass is 613 g/mol. The van der Waals surface area contributed by atoms with Gasteiger partial charge in [-0.05, 0) is 29.9 Å². The van der Waals surface area contributed by atoms with E-state index in [0.717, 1.165) is 0 Å². The minimum absolute atomic E-state index is 0.0157. The predicted molar refractivity (Wildman–Crippen MR) is 154 cm³/mol. The molecule has 16 heteroatoms. The number of imidazole rings is 1. The highest BCUT2D eigenvalue weighted by molar-refractivity contribution is 5.95. The largest absolute Gasteiger partial charge is 0.465 e. The molecule has 5 N–H and O–H groups in total. The Morgan fingerprint density at radius 1 is 1.00 bits per heavy atom. The molecule has 0 saturated carbocycles. The molecule has 14 nitrogen and oxygen atoms in total. The lowest BCUT2D eigenvalue weighted by atomic mass is 9.90. The molecular weight excluding hydrogens is 580 g/mol. The normalized spacial score (nSPS) is 19.8. The maximum Gasteiger partial charge on any atom is 0.416 e. The van der Waals surface area contributed by atoms with Gasteiger partial charge in [-0.3, -0.25) is 18.8 Å². The van der Waals surface area contributed by atoms with Crippen LogP contribution in [0.4, 0.5) is 25.2 Å². The van der Waals surface area contributed by atoms with Crippen molar-refractivity contribution in [2.24, 2.45) is 17.4 Å². The maximum absolute atomic E-state index is 15.9. The second-order valence-corrected chi connectivity index (χ2v) is 11.9. The van der Waals surface area contributed by atoms with Crippen molar-refractivity contribution >= 4 is 34.7 Å². The average Bonchev–Trinajstić information content (AvgIpc) is 3.66. The third-order valence-corrected chi connectivity index (χ3v) is 9.08. The van der Waals surface area contributed by atoms with Gasteiger partial charge in [0.1, 0.15) is 16.6 Å². The summed E-state index contributed by atoms with van der Waals surface area (Å²) in [6.07, 6.45) is 2.75. The van der Waals surface area contributed by atoms with Crippen LogP contribution in [-0.4, -0.2) is 87.5 Å². The third kappa shape index (κ3) is 4.59. The van der Waals surface area contributed by atoms with Gasteiger partial charge in [-0.15, -0.1) is 0 Å². The van der Waals surface area contributed by atoms with Crippen molar-refractivity contribution in [2.75, 3.05) is 56.1 Å². The Balaban J connectivity index is 1.04. The number of rotatable bonds is 7. The van der Waals surface area contributed by atoms with E-state index in [9.17, 15) is 14.4 Å². The molecule has 44 heavy (non-hydrogen) atoms. The maximum atomic E-state index is 15.9. The Morgan fingerprint density at radius 2 is 1.64 bits per heavy atom. The number of carbonyl (C=O) groups excluding carboxylic acids is 2. The lowest BCUT2D eigenvalue weighted by Crippen LogP contribution is -2.48.